The fourth-order valence-electron chi connectivity index (χ4n) is 4.14. The first-order valence-electron chi connectivity index (χ1n) is 11.3. The van der Waals surface area contributed by atoms with Crippen LogP contribution in [0.4, 0.5) is 10.5 Å². The van der Waals surface area contributed by atoms with Crippen molar-refractivity contribution in [3.05, 3.63) is 71.4 Å². The number of carbonyl (C=O) groups excluding carboxylic acids is 3. The SMILES string of the molecule is CCC(C)n1cc(C=C2C(=O)N(CC)C(=O)N(c3ccc(C(O)O)cc3)C2=O)c2ccccc21. The number of fused-ring (bicyclic) bond motifs is 1. The first kappa shape index (κ1) is 23.4. The van der Waals surface area contributed by atoms with Crippen LogP contribution in [-0.2, 0) is 9.59 Å². The van der Waals surface area contributed by atoms with Crippen LogP contribution >= 0.6 is 0 Å². The number of para-hydroxylation sites is 1. The molecule has 1 unspecified atom stereocenters. The molecule has 0 radical (unpaired) electrons. The first-order valence-corrected chi connectivity index (χ1v) is 11.3. The largest absolute Gasteiger partial charge is 0.364 e. The van der Waals surface area contributed by atoms with E-state index in [-0.39, 0.29) is 29.4 Å². The molecule has 1 aliphatic heterocycles. The fourth-order valence-corrected chi connectivity index (χ4v) is 4.14. The van der Waals surface area contributed by atoms with Gasteiger partial charge in [-0.25, -0.2) is 9.69 Å². The molecule has 0 saturated carbocycles. The molecule has 34 heavy (non-hydrogen) atoms. The predicted octanol–water partition coefficient (Wildman–Crippen LogP) is 3.99. The number of likely N-dealkylation sites (N-methyl/N-ethyl adjacent to an activating group) is 1. The molecule has 4 amide bonds. The smallest absolute Gasteiger partial charge is 0.338 e. The van der Waals surface area contributed by atoms with Crippen molar-refractivity contribution in [2.75, 3.05) is 11.4 Å². The van der Waals surface area contributed by atoms with Crippen molar-refractivity contribution in [2.45, 2.75) is 39.5 Å². The topological polar surface area (TPSA) is 103 Å². The molecular formula is C26H27N3O5. The molecule has 1 atom stereocenters. The number of rotatable bonds is 6. The zero-order valence-electron chi connectivity index (χ0n) is 19.3. The van der Waals surface area contributed by atoms with Crippen LogP contribution in [0.1, 0.15) is 50.7 Å². The summed E-state index contributed by atoms with van der Waals surface area (Å²) in [5, 5.41) is 19.6. The van der Waals surface area contributed by atoms with Crippen molar-refractivity contribution in [2.24, 2.45) is 0 Å². The van der Waals surface area contributed by atoms with Gasteiger partial charge in [0.1, 0.15) is 5.57 Å². The third kappa shape index (κ3) is 3.91. The summed E-state index contributed by atoms with van der Waals surface area (Å²) < 4.78 is 2.12. The van der Waals surface area contributed by atoms with E-state index in [1.54, 1.807) is 13.0 Å². The van der Waals surface area contributed by atoms with Crippen molar-refractivity contribution < 1.29 is 24.6 Å². The Morgan fingerprint density at radius 2 is 1.62 bits per heavy atom. The Kier molecular flexibility index (Phi) is 6.37. The summed E-state index contributed by atoms with van der Waals surface area (Å²) in [6.07, 6.45) is 2.73. The van der Waals surface area contributed by atoms with Gasteiger partial charge in [-0.05, 0) is 44.5 Å². The second kappa shape index (κ2) is 9.24. The third-order valence-corrected chi connectivity index (χ3v) is 6.23. The molecule has 1 aliphatic rings. The van der Waals surface area contributed by atoms with E-state index in [4.69, 9.17) is 0 Å². The highest BCUT2D eigenvalue weighted by molar-refractivity contribution is 6.39. The highest BCUT2D eigenvalue weighted by atomic mass is 16.5. The highest BCUT2D eigenvalue weighted by Crippen LogP contribution is 2.31. The van der Waals surface area contributed by atoms with Gasteiger partial charge >= 0.3 is 6.03 Å². The van der Waals surface area contributed by atoms with Gasteiger partial charge in [0.2, 0.25) is 0 Å². The molecule has 176 valence electrons. The molecule has 2 aromatic carbocycles. The van der Waals surface area contributed by atoms with Gasteiger partial charge in [0, 0.05) is 40.8 Å². The summed E-state index contributed by atoms with van der Waals surface area (Å²) in [6.45, 7) is 5.96. The van der Waals surface area contributed by atoms with E-state index in [1.165, 1.54) is 24.3 Å². The molecule has 8 heteroatoms. The Bertz CT molecular complexity index is 1290. The molecule has 0 spiro atoms. The molecule has 1 saturated heterocycles. The molecule has 2 heterocycles. The number of aliphatic hydroxyl groups excluding tert-OH is 1. The minimum absolute atomic E-state index is 0.0981. The summed E-state index contributed by atoms with van der Waals surface area (Å²) in [6, 6.07) is 13.0. The summed E-state index contributed by atoms with van der Waals surface area (Å²) in [5.41, 5.74) is 2.06. The zero-order chi connectivity index (χ0) is 24.6. The number of imide groups is 2. The number of nitrogens with zero attached hydrogens (tertiary/aromatic N) is 3. The maximum atomic E-state index is 13.4. The van der Waals surface area contributed by atoms with Gasteiger partial charge in [-0.3, -0.25) is 14.5 Å². The number of amides is 4. The van der Waals surface area contributed by atoms with Crippen molar-refractivity contribution in [1.82, 2.24) is 9.47 Å². The fraction of sp³-hybridized carbons (Fsp3) is 0.269. The number of hydrogen-bond acceptors (Lipinski definition) is 5. The number of aliphatic hydroxyl groups is 2. The van der Waals surface area contributed by atoms with E-state index in [0.717, 1.165) is 32.7 Å². The Balaban J connectivity index is 1.83. The molecule has 3 aromatic rings. The standard InChI is InChI=1S/C26H27N3O5/c1-4-16(3)28-15-18(20-8-6-7-9-22(20)28)14-21-23(30)27(5-2)26(34)29(24(21)31)19-12-10-17(11-13-19)25(32)33/h6-16,25,32-33H,4-5H2,1-3H3. The average Bonchev–Trinajstić information content (AvgIpc) is 3.20. The van der Waals surface area contributed by atoms with Gasteiger partial charge in [0.05, 0.1) is 5.69 Å². The maximum absolute atomic E-state index is 13.4. The normalized spacial score (nSPS) is 16.9. The van der Waals surface area contributed by atoms with E-state index in [2.05, 4.69) is 18.4 Å². The van der Waals surface area contributed by atoms with E-state index in [0.29, 0.717) is 0 Å². The van der Waals surface area contributed by atoms with Gasteiger partial charge in [-0.1, -0.05) is 37.3 Å². The van der Waals surface area contributed by atoms with Crippen molar-refractivity contribution in [1.29, 1.82) is 0 Å². The van der Waals surface area contributed by atoms with E-state index >= 15 is 0 Å². The maximum Gasteiger partial charge on any atom is 0.338 e. The molecule has 2 N–H and O–H groups in total. The van der Waals surface area contributed by atoms with Gasteiger partial charge in [-0.15, -0.1) is 0 Å². The van der Waals surface area contributed by atoms with Crippen LogP contribution in [0.25, 0.3) is 17.0 Å². The monoisotopic (exact) mass is 461 g/mol. The zero-order valence-corrected chi connectivity index (χ0v) is 19.3. The number of urea groups is 1. The number of hydrogen-bond donors (Lipinski definition) is 2. The Morgan fingerprint density at radius 1 is 0.941 bits per heavy atom. The molecule has 4 rings (SSSR count). The quantitative estimate of drug-likeness (QED) is 0.328. The Labute approximate surface area is 197 Å². The first-order chi connectivity index (χ1) is 16.3. The van der Waals surface area contributed by atoms with Crippen LogP contribution < -0.4 is 4.90 Å². The minimum Gasteiger partial charge on any atom is -0.364 e. The van der Waals surface area contributed by atoms with Crippen LogP contribution in [0.3, 0.4) is 0 Å². The van der Waals surface area contributed by atoms with E-state index in [1.807, 2.05) is 30.5 Å². The molecule has 1 aromatic heterocycles. The van der Waals surface area contributed by atoms with Gasteiger partial charge in [0.15, 0.2) is 6.29 Å². The lowest BCUT2D eigenvalue weighted by Gasteiger charge is -2.33. The van der Waals surface area contributed by atoms with E-state index < -0.39 is 24.1 Å². The third-order valence-electron chi connectivity index (χ3n) is 6.23. The van der Waals surface area contributed by atoms with Gasteiger partial charge < -0.3 is 14.8 Å². The second-order valence-corrected chi connectivity index (χ2v) is 8.26. The second-order valence-electron chi connectivity index (χ2n) is 8.26. The van der Waals surface area contributed by atoms with Gasteiger partial charge in [0.25, 0.3) is 11.8 Å². The lowest BCUT2D eigenvalue weighted by atomic mass is 10.0. The molecule has 0 bridgehead atoms. The van der Waals surface area contributed by atoms with Crippen molar-refractivity contribution in [3.63, 3.8) is 0 Å². The number of anilines is 1. The number of barbiturate groups is 1. The van der Waals surface area contributed by atoms with Crippen LogP contribution in [0.2, 0.25) is 0 Å². The number of benzene rings is 2. The predicted molar refractivity (Wildman–Crippen MR) is 129 cm³/mol. The van der Waals surface area contributed by atoms with Crippen LogP contribution in [0, 0.1) is 0 Å². The van der Waals surface area contributed by atoms with Crippen molar-refractivity contribution >= 4 is 40.5 Å². The molecular weight excluding hydrogens is 434 g/mol. The lowest BCUT2D eigenvalue weighted by Crippen LogP contribution is -2.56. The summed E-state index contributed by atoms with van der Waals surface area (Å²) in [7, 11) is 0. The Morgan fingerprint density at radius 3 is 2.24 bits per heavy atom. The molecule has 8 nitrogen and oxygen atoms in total. The number of aromatic nitrogens is 1. The number of carbonyl (C=O) groups is 3. The molecule has 1 fully saturated rings. The van der Waals surface area contributed by atoms with Crippen LogP contribution in [-0.4, -0.2) is 44.1 Å². The Hall–Kier alpha value is -3.75. The lowest BCUT2D eigenvalue weighted by molar-refractivity contribution is -0.128. The average molecular weight is 462 g/mol. The molecule has 0 aliphatic carbocycles. The van der Waals surface area contributed by atoms with Crippen LogP contribution in [0.5, 0.6) is 0 Å². The highest BCUT2D eigenvalue weighted by Gasteiger charge is 2.42. The summed E-state index contributed by atoms with van der Waals surface area (Å²) >= 11 is 0. The van der Waals surface area contributed by atoms with Crippen LogP contribution in [0.15, 0.2) is 60.3 Å². The summed E-state index contributed by atoms with van der Waals surface area (Å²) in [4.78, 5) is 41.6. The van der Waals surface area contributed by atoms with Crippen molar-refractivity contribution in [3.8, 4) is 0 Å². The van der Waals surface area contributed by atoms with E-state index in [9.17, 15) is 24.6 Å². The summed E-state index contributed by atoms with van der Waals surface area (Å²) in [5.74, 6) is -1.37. The van der Waals surface area contributed by atoms with Gasteiger partial charge in [-0.2, -0.15) is 0 Å². The minimum atomic E-state index is -1.67.